The molecule has 3 aromatic rings. The van der Waals surface area contributed by atoms with E-state index < -0.39 is 0 Å². The molecular formula is C17H14FN3O2S. The smallest absolute Gasteiger partial charge is 0.232 e. The summed E-state index contributed by atoms with van der Waals surface area (Å²) in [6.07, 6.45) is 0.308. The van der Waals surface area contributed by atoms with Crippen molar-refractivity contribution in [1.82, 2.24) is 10.1 Å². The molecular weight excluding hydrogens is 329 g/mol. The SMILES string of the molecule is Cc1cc(F)ccc1N1CC(c2nc(-c3cccs3)no2)CC1=O. The van der Waals surface area contributed by atoms with Crippen LogP contribution in [0, 0.1) is 12.7 Å². The number of amides is 1. The van der Waals surface area contributed by atoms with Crippen molar-refractivity contribution in [2.75, 3.05) is 11.4 Å². The van der Waals surface area contributed by atoms with E-state index in [1.807, 2.05) is 17.5 Å². The molecule has 0 spiro atoms. The summed E-state index contributed by atoms with van der Waals surface area (Å²) >= 11 is 1.54. The number of carbonyl (C=O) groups excluding carboxylic acids is 1. The number of rotatable bonds is 3. The third kappa shape index (κ3) is 2.60. The maximum Gasteiger partial charge on any atom is 0.232 e. The molecule has 122 valence electrons. The number of carbonyl (C=O) groups is 1. The molecule has 7 heteroatoms. The molecule has 4 rings (SSSR count). The highest BCUT2D eigenvalue weighted by Crippen LogP contribution is 2.34. The first kappa shape index (κ1) is 15.0. The summed E-state index contributed by atoms with van der Waals surface area (Å²) in [5.41, 5.74) is 1.45. The summed E-state index contributed by atoms with van der Waals surface area (Å²) < 4.78 is 18.6. The molecule has 0 saturated carbocycles. The highest BCUT2D eigenvalue weighted by Gasteiger charge is 2.35. The molecule has 1 aromatic carbocycles. The first-order chi connectivity index (χ1) is 11.6. The van der Waals surface area contributed by atoms with E-state index in [0.717, 1.165) is 16.1 Å². The Morgan fingerprint density at radius 1 is 1.38 bits per heavy atom. The molecule has 1 atom stereocenters. The summed E-state index contributed by atoms with van der Waals surface area (Å²) in [4.78, 5) is 19.4. The Hall–Kier alpha value is -2.54. The fraction of sp³-hybridized carbons (Fsp3) is 0.235. The van der Waals surface area contributed by atoms with Crippen LogP contribution in [0.2, 0.25) is 0 Å². The van der Waals surface area contributed by atoms with Gasteiger partial charge in [0.25, 0.3) is 0 Å². The Bertz CT molecular complexity index is 891. The standard InChI is InChI=1S/C17H14FN3O2S/c1-10-7-12(18)4-5-13(10)21-9-11(8-15(21)22)17-19-16(20-23-17)14-3-2-6-24-14/h2-7,11H,8-9H2,1H3. The van der Waals surface area contributed by atoms with Crippen molar-refractivity contribution in [2.24, 2.45) is 0 Å². The molecule has 1 aliphatic heterocycles. The lowest BCUT2D eigenvalue weighted by atomic mass is 10.1. The van der Waals surface area contributed by atoms with E-state index in [4.69, 9.17) is 4.52 Å². The lowest BCUT2D eigenvalue weighted by Crippen LogP contribution is -2.25. The van der Waals surface area contributed by atoms with Crippen LogP contribution in [0.3, 0.4) is 0 Å². The van der Waals surface area contributed by atoms with Gasteiger partial charge in [0.2, 0.25) is 17.6 Å². The molecule has 0 aliphatic carbocycles. The minimum atomic E-state index is -0.308. The summed E-state index contributed by atoms with van der Waals surface area (Å²) in [5, 5.41) is 5.95. The third-order valence-electron chi connectivity index (χ3n) is 4.11. The second-order valence-electron chi connectivity index (χ2n) is 5.77. The van der Waals surface area contributed by atoms with Crippen molar-refractivity contribution in [3.05, 3.63) is 53.0 Å². The van der Waals surface area contributed by atoms with Gasteiger partial charge in [0.1, 0.15) is 5.82 Å². The number of nitrogens with zero attached hydrogens (tertiary/aromatic N) is 3. The largest absolute Gasteiger partial charge is 0.339 e. The highest BCUT2D eigenvalue weighted by atomic mass is 32.1. The number of hydrogen-bond donors (Lipinski definition) is 0. The van der Waals surface area contributed by atoms with Gasteiger partial charge in [-0.3, -0.25) is 4.79 Å². The van der Waals surface area contributed by atoms with Crippen molar-refractivity contribution in [2.45, 2.75) is 19.3 Å². The predicted octanol–water partition coefficient (Wildman–Crippen LogP) is 3.77. The van der Waals surface area contributed by atoms with E-state index in [1.54, 1.807) is 17.9 Å². The van der Waals surface area contributed by atoms with Crippen LogP contribution in [0.5, 0.6) is 0 Å². The molecule has 3 heterocycles. The molecule has 0 bridgehead atoms. The van der Waals surface area contributed by atoms with Crippen LogP contribution < -0.4 is 4.90 Å². The fourth-order valence-electron chi connectivity index (χ4n) is 2.93. The average Bonchev–Trinajstić information content (AvgIpc) is 3.27. The maximum atomic E-state index is 13.3. The number of aryl methyl sites for hydroxylation is 1. The maximum absolute atomic E-state index is 13.3. The zero-order valence-corrected chi connectivity index (χ0v) is 13.7. The van der Waals surface area contributed by atoms with Crippen molar-refractivity contribution in [3.63, 3.8) is 0 Å². The zero-order valence-electron chi connectivity index (χ0n) is 12.9. The van der Waals surface area contributed by atoms with Crippen LogP contribution in [0.15, 0.2) is 40.2 Å². The molecule has 1 unspecified atom stereocenters. The molecule has 1 amide bonds. The summed E-state index contributed by atoms with van der Waals surface area (Å²) in [6.45, 7) is 2.25. The van der Waals surface area contributed by atoms with Crippen molar-refractivity contribution >= 4 is 22.9 Å². The van der Waals surface area contributed by atoms with E-state index in [0.29, 0.717) is 24.7 Å². The minimum Gasteiger partial charge on any atom is -0.339 e. The van der Waals surface area contributed by atoms with Crippen LogP contribution in [0.1, 0.15) is 23.8 Å². The predicted molar refractivity (Wildman–Crippen MR) is 88.5 cm³/mol. The van der Waals surface area contributed by atoms with Crippen LogP contribution >= 0.6 is 11.3 Å². The fourth-order valence-corrected chi connectivity index (χ4v) is 3.58. The number of hydrogen-bond acceptors (Lipinski definition) is 5. The molecule has 1 aliphatic rings. The molecule has 1 fully saturated rings. The van der Waals surface area contributed by atoms with Gasteiger partial charge in [0.15, 0.2) is 0 Å². The lowest BCUT2D eigenvalue weighted by molar-refractivity contribution is -0.117. The summed E-state index contributed by atoms with van der Waals surface area (Å²) in [7, 11) is 0. The topological polar surface area (TPSA) is 59.2 Å². The van der Waals surface area contributed by atoms with Crippen LogP contribution in [-0.4, -0.2) is 22.6 Å². The molecule has 2 aromatic heterocycles. The first-order valence-electron chi connectivity index (χ1n) is 7.56. The quantitative estimate of drug-likeness (QED) is 0.726. The van der Waals surface area contributed by atoms with E-state index in [1.165, 1.54) is 23.5 Å². The van der Waals surface area contributed by atoms with Crippen LogP contribution in [0.4, 0.5) is 10.1 Å². The number of thiophene rings is 1. The monoisotopic (exact) mass is 343 g/mol. The summed E-state index contributed by atoms with van der Waals surface area (Å²) in [5.74, 6) is 0.531. The summed E-state index contributed by atoms with van der Waals surface area (Å²) in [6, 6.07) is 8.28. The molecule has 0 N–H and O–H groups in total. The van der Waals surface area contributed by atoms with Gasteiger partial charge >= 0.3 is 0 Å². The van der Waals surface area contributed by atoms with Gasteiger partial charge < -0.3 is 9.42 Å². The van der Waals surface area contributed by atoms with E-state index in [-0.39, 0.29) is 17.6 Å². The first-order valence-corrected chi connectivity index (χ1v) is 8.44. The van der Waals surface area contributed by atoms with Crippen molar-refractivity contribution in [1.29, 1.82) is 0 Å². The second-order valence-corrected chi connectivity index (χ2v) is 6.72. The van der Waals surface area contributed by atoms with Crippen LogP contribution in [0.25, 0.3) is 10.7 Å². The Kier molecular flexibility index (Phi) is 3.65. The molecule has 0 radical (unpaired) electrons. The Morgan fingerprint density at radius 2 is 2.25 bits per heavy atom. The minimum absolute atomic E-state index is 0.0226. The second kappa shape index (κ2) is 5.83. The van der Waals surface area contributed by atoms with Gasteiger partial charge in [0, 0.05) is 18.7 Å². The average molecular weight is 343 g/mol. The molecule has 1 saturated heterocycles. The number of benzene rings is 1. The highest BCUT2D eigenvalue weighted by molar-refractivity contribution is 7.13. The molecule has 5 nitrogen and oxygen atoms in total. The van der Waals surface area contributed by atoms with Gasteiger partial charge in [-0.05, 0) is 42.1 Å². The Balaban J connectivity index is 1.58. The van der Waals surface area contributed by atoms with Gasteiger partial charge in [-0.2, -0.15) is 4.98 Å². The Labute approximate surface area is 141 Å². The van der Waals surface area contributed by atoms with Gasteiger partial charge in [-0.1, -0.05) is 11.2 Å². The van der Waals surface area contributed by atoms with Crippen molar-refractivity contribution < 1.29 is 13.7 Å². The normalized spacial score (nSPS) is 17.7. The van der Waals surface area contributed by atoms with Gasteiger partial charge in [0.05, 0.1) is 10.8 Å². The number of anilines is 1. The van der Waals surface area contributed by atoms with E-state index >= 15 is 0 Å². The van der Waals surface area contributed by atoms with E-state index in [9.17, 15) is 9.18 Å². The van der Waals surface area contributed by atoms with Gasteiger partial charge in [-0.15, -0.1) is 11.3 Å². The van der Waals surface area contributed by atoms with Crippen molar-refractivity contribution in [3.8, 4) is 10.7 Å². The number of halogens is 1. The number of aromatic nitrogens is 2. The Morgan fingerprint density at radius 3 is 3.00 bits per heavy atom. The van der Waals surface area contributed by atoms with Crippen LogP contribution in [-0.2, 0) is 4.79 Å². The third-order valence-corrected chi connectivity index (χ3v) is 4.97. The zero-order chi connectivity index (χ0) is 16.7. The van der Waals surface area contributed by atoms with Gasteiger partial charge in [-0.25, -0.2) is 4.39 Å². The molecule has 24 heavy (non-hydrogen) atoms. The lowest BCUT2D eigenvalue weighted by Gasteiger charge is -2.18. The van der Waals surface area contributed by atoms with E-state index in [2.05, 4.69) is 10.1 Å².